The molecule has 5 amide bonds. The predicted octanol–water partition coefficient (Wildman–Crippen LogP) is 0.105. The van der Waals surface area contributed by atoms with Crippen LogP contribution in [-0.2, 0) is 23.9 Å². The Hall–Kier alpha value is -2.71. The SMILES string of the molecule is C=CCNC(=O)NC(=O)COC(=O)C(C)N1C(=O)C2CCCCC2C1=O. The first-order valence-electron chi connectivity index (χ1n) is 8.59. The van der Waals surface area contributed by atoms with E-state index in [1.165, 1.54) is 13.0 Å². The lowest BCUT2D eigenvalue weighted by molar-refractivity contribution is -0.159. The zero-order valence-corrected chi connectivity index (χ0v) is 14.7. The van der Waals surface area contributed by atoms with E-state index in [0.29, 0.717) is 12.8 Å². The van der Waals surface area contributed by atoms with Gasteiger partial charge in [0.1, 0.15) is 6.04 Å². The third-order valence-corrected chi connectivity index (χ3v) is 4.61. The largest absolute Gasteiger partial charge is 0.454 e. The molecule has 3 unspecified atom stereocenters. The van der Waals surface area contributed by atoms with E-state index in [1.54, 1.807) is 0 Å². The Morgan fingerprint density at radius 2 is 1.81 bits per heavy atom. The number of fused-ring (bicyclic) bond motifs is 1. The van der Waals surface area contributed by atoms with Crippen molar-refractivity contribution < 1.29 is 28.7 Å². The van der Waals surface area contributed by atoms with Crippen LogP contribution < -0.4 is 10.6 Å². The van der Waals surface area contributed by atoms with Crippen LogP contribution in [0.25, 0.3) is 0 Å². The third kappa shape index (κ3) is 4.27. The van der Waals surface area contributed by atoms with E-state index in [1.807, 2.05) is 5.32 Å². The maximum atomic E-state index is 12.4. The van der Waals surface area contributed by atoms with Gasteiger partial charge < -0.3 is 10.1 Å². The predicted molar refractivity (Wildman–Crippen MR) is 89.5 cm³/mol. The monoisotopic (exact) mass is 365 g/mol. The molecule has 0 aromatic rings. The van der Waals surface area contributed by atoms with Gasteiger partial charge >= 0.3 is 12.0 Å². The highest BCUT2D eigenvalue weighted by Gasteiger charge is 2.51. The van der Waals surface area contributed by atoms with Crippen molar-refractivity contribution in [3.8, 4) is 0 Å². The van der Waals surface area contributed by atoms with Crippen LogP contribution in [0.3, 0.4) is 0 Å². The number of nitrogens with zero attached hydrogens (tertiary/aromatic N) is 1. The van der Waals surface area contributed by atoms with Gasteiger partial charge in [-0.1, -0.05) is 18.9 Å². The minimum Gasteiger partial charge on any atom is -0.454 e. The number of amides is 5. The van der Waals surface area contributed by atoms with Crippen molar-refractivity contribution in [1.82, 2.24) is 15.5 Å². The number of carbonyl (C=O) groups excluding carboxylic acids is 5. The molecule has 3 atom stereocenters. The Morgan fingerprint density at radius 3 is 2.35 bits per heavy atom. The molecule has 0 aromatic carbocycles. The molecule has 1 aliphatic carbocycles. The number of carbonyl (C=O) groups is 5. The molecule has 2 rings (SSSR count). The Balaban J connectivity index is 1.86. The molecule has 9 nitrogen and oxygen atoms in total. The first-order valence-corrected chi connectivity index (χ1v) is 8.59. The number of imide groups is 2. The molecule has 26 heavy (non-hydrogen) atoms. The molecule has 2 aliphatic rings. The van der Waals surface area contributed by atoms with E-state index in [4.69, 9.17) is 4.74 Å². The van der Waals surface area contributed by atoms with Crippen molar-refractivity contribution >= 4 is 29.7 Å². The van der Waals surface area contributed by atoms with Crippen LogP contribution in [0.4, 0.5) is 4.79 Å². The van der Waals surface area contributed by atoms with Gasteiger partial charge in [-0.15, -0.1) is 6.58 Å². The van der Waals surface area contributed by atoms with Gasteiger partial charge in [-0.25, -0.2) is 9.59 Å². The van der Waals surface area contributed by atoms with Crippen molar-refractivity contribution in [1.29, 1.82) is 0 Å². The molecular weight excluding hydrogens is 342 g/mol. The van der Waals surface area contributed by atoms with Crippen LogP contribution in [0.5, 0.6) is 0 Å². The van der Waals surface area contributed by atoms with Gasteiger partial charge in [-0.2, -0.15) is 0 Å². The zero-order chi connectivity index (χ0) is 19.3. The maximum absolute atomic E-state index is 12.4. The summed E-state index contributed by atoms with van der Waals surface area (Å²) in [5, 5.41) is 4.31. The summed E-state index contributed by atoms with van der Waals surface area (Å²) in [6.07, 6.45) is 4.51. The topological polar surface area (TPSA) is 122 Å². The van der Waals surface area contributed by atoms with E-state index in [-0.39, 0.29) is 30.2 Å². The number of hydrogen-bond donors (Lipinski definition) is 2. The summed E-state index contributed by atoms with van der Waals surface area (Å²) in [5.41, 5.74) is 0. The lowest BCUT2D eigenvalue weighted by atomic mass is 9.81. The molecule has 1 heterocycles. The lowest BCUT2D eigenvalue weighted by Gasteiger charge is -2.21. The molecule has 1 saturated heterocycles. The van der Waals surface area contributed by atoms with Crippen LogP contribution >= 0.6 is 0 Å². The Morgan fingerprint density at radius 1 is 1.23 bits per heavy atom. The number of esters is 1. The second kappa shape index (κ2) is 8.59. The smallest absolute Gasteiger partial charge is 0.329 e. The normalized spacial score (nSPS) is 23.0. The minimum atomic E-state index is -1.11. The van der Waals surface area contributed by atoms with Gasteiger partial charge in [0.15, 0.2) is 6.61 Å². The summed E-state index contributed by atoms with van der Waals surface area (Å²) in [7, 11) is 0. The molecule has 2 fully saturated rings. The molecule has 9 heteroatoms. The van der Waals surface area contributed by atoms with Crippen LogP contribution in [0, 0.1) is 11.8 Å². The molecule has 0 aromatic heterocycles. The third-order valence-electron chi connectivity index (χ3n) is 4.61. The second-order valence-corrected chi connectivity index (χ2v) is 6.37. The highest BCUT2D eigenvalue weighted by Crippen LogP contribution is 2.38. The summed E-state index contributed by atoms with van der Waals surface area (Å²) in [6, 6.07) is -1.85. The summed E-state index contributed by atoms with van der Waals surface area (Å²) in [5.74, 6) is -3.10. The summed E-state index contributed by atoms with van der Waals surface area (Å²) < 4.78 is 4.84. The Bertz CT molecular complexity index is 608. The molecular formula is C17H23N3O6. The number of rotatable bonds is 6. The molecule has 0 bridgehead atoms. The number of urea groups is 1. The van der Waals surface area contributed by atoms with E-state index in [0.717, 1.165) is 17.7 Å². The van der Waals surface area contributed by atoms with Crippen LogP contribution in [0.1, 0.15) is 32.6 Å². The zero-order valence-electron chi connectivity index (χ0n) is 14.7. The van der Waals surface area contributed by atoms with Crippen molar-refractivity contribution in [2.45, 2.75) is 38.6 Å². The Kier molecular flexibility index (Phi) is 6.48. The maximum Gasteiger partial charge on any atom is 0.329 e. The van der Waals surface area contributed by atoms with Crippen LogP contribution in [0.2, 0.25) is 0 Å². The molecule has 0 radical (unpaired) electrons. The molecule has 1 saturated carbocycles. The van der Waals surface area contributed by atoms with Crippen molar-refractivity contribution in [2.24, 2.45) is 11.8 Å². The first kappa shape index (κ1) is 19.6. The van der Waals surface area contributed by atoms with E-state index >= 15 is 0 Å². The van der Waals surface area contributed by atoms with Gasteiger partial charge in [0.25, 0.3) is 5.91 Å². The van der Waals surface area contributed by atoms with Gasteiger partial charge in [0.05, 0.1) is 11.8 Å². The second-order valence-electron chi connectivity index (χ2n) is 6.37. The highest BCUT2D eigenvalue weighted by atomic mass is 16.5. The summed E-state index contributed by atoms with van der Waals surface area (Å²) >= 11 is 0. The average molecular weight is 365 g/mol. The van der Waals surface area contributed by atoms with Crippen molar-refractivity contribution in [2.75, 3.05) is 13.2 Å². The van der Waals surface area contributed by atoms with Gasteiger partial charge in [0, 0.05) is 6.54 Å². The minimum absolute atomic E-state index is 0.178. The standard InChI is InChI=1S/C17H23N3O6/c1-3-8-18-17(25)19-13(21)9-26-16(24)10(2)20-14(22)11-6-4-5-7-12(11)15(20)23/h3,10-12H,1,4-9H2,2H3,(H2,18,19,21,25). The Labute approximate surface area is 151 Å². The highest BCUT2D eigenvalue weighted by molar-refractivity contribution is 6.08. The molecule has 1 aliphatic heterocycles. The quantitative estimate of drug-likeness (QED) is 0.391. The summed E-state index contributed by atoms with van der Waals surface area (Å²) in [4.78, 5) is 60.8. The lowest BCUT2D eigenvalue weighted by Crippen LogP contribution is -2.46. The van der Waals surface area contributed by atoms with Crippen LogP contribution in [0.15, 0.2) is 12.7 Å². The molecule has 142 valence electrons. The van der Waals surface area contributed by atoms with Gasteiger partial charge in [-0.05, 0) is 19.8 Å². The molecule has 0 spiro atoms. The van der Waals surface area contributed by atoms with Crippen molar-refractivity contribution in [3.63, 3.8) is 0 Å². The number of nitrogens with one attached hydrogen (secondary N) is 2. The fraction of sp³-hybridized carbons (Fsp3) is 0.588. The molecule has 2 N–H and O–H groups in total. The number of hydrogen-bond acceptors (Lipinski definition) is 6. The van der Waals surface area contributed by atoms with E-state index in [9.17, 15) is 24.0 Å². The van der Waals surface area contributed by atoms with Crippen LogP contribution in [-0.4, -0.2) is 53.8 Å². The number of likely N-dealkylation sites (tertiary alicyclic amines) is 1. The number of ether oxygens (including phenoxy) is 1. The first-order chi connectivity index (χ1) is 12.4. The van der Waals surface area contributed by atoms with Gasteiger partial charge in [0.2, 0.25) is 11.8 Å². The van der Waals surface area contributed by atoms with E-state index in [2.05, 4.69) is 11.9 Å². The fourth-order valence-electron chi connectivity index (χ4n) is 3.30. The fourth-order valence-corrected chi connectivity index (χ4v) is 3.30. The van der Waals surface area contributed by atoms with Crippen molar-refractivity contribution in [3.05, 3.63) is 12.7 Å². The average Bonchev–Trinajstić information content (AvgIpc) is 2.88. The van der Waals surface area contributed by atoms with E-state index < -0.39 is 30.6 Å². The van der Waals surface area contributed by atoms with Gasteiger partial charge in [-0.3, -0.25) is 24.6 Å². The summed E-state index contributed by atoms with van der Waals surface area (Å²) in [6.45, 7) is 4.30.